The fraction of sp³-hybridized carbons (Fsp3) is 0.0891. The van der Waals surface area contributed by atoms with E-state index < -0.39 is 63.1 Å². The molecule has 0 aliphatic carbocycles. The molecule has 0 radical (unpaired) electrons. The maximum absolute atomic E-state index is 10.7. The minimum Gasteiger partial charge on any atom is -0.358 e. The molecule has 0 aliphatic heterocycles. The summed E-state index contributed by atoms with van der Waals surface area (Å²) in [4.78, 5) is 1.68. The fourth-order valence-electron chi connectivity index (χ4n) is 12.4. The van der Waals surface area contributed by atoms with Crippen molar-refractivity contribution in [3.05, 3.63) is 449 Å². The first-order chi connectivity index (χ1) is 58.4. The third kappa shape index (κ3) is 47.2. The third-order valence-corrected chi connectivity index (χ3v) is 39.0. The first-order valence-electron chi connectivity index (χ1n) is 39.1. The molecule has 0 amide bonds. The van der Waals surface area contributed by atoms with Crippen LogP contribution < -0.4 is 68.6 Å². The zero-order valence-electron chi connectivity index (χ0n) is 68.5. The standard InChI is InChI=1S/3C25H22P2.2C10H5.C6H15N.3Cu.2F6P/c3*1-5-13-22(14-6-1)26(23-15-7-2-8-16-23)21-27(24-17-9-3-10-18-24)25-19-11-4-12-20-25;2*1-2-3-7-10-8-5-4-6-9-10;1-4-7(5-2)6-3;;;;2*1-7(2,3,4,5)6/h3*1-20H,21H2;2*4-6,8-9H;4-6H2,1-3H3;;;;;/q;;;2*-1;;3*+1;2*-1/p+7. The van der Waals surface area contributed by atoms with Crippen molar-refractivity contribution in [2.24, 2.45) is 0 Å². The number of halogens is 12. The van der Waals surface area contributed by atoms with E-state index in [1.807, 2.05) is 72.5 Å². The first-order valence-corrected chi connectivity index (χ1v) is 53.4. The Labute approximate surface area is 769 Å². The summed E-state index contributed by atoms with van der Waals surface area (Å²) in [6.45, 7) is 10.5. The van der Waals surface area contributed by atoms with Crippen molar-refractivity contribution in [2.45, 2.75) is 20.8 Å². The van der Waals surface area contributed by atoms with Crippen LogP contribution in [0.4, 0.5) is 50.4 Å². The van der Waals surface area contributed by atoms with Crippen molar-refractivity contribution in [1.82, 2.24) is 0 Å². The average molecular weight is 1990 g/mol. The van der Waals surface area contributed by atoms with Gasteiger partial charge in [-0.25, -0.2) is 11.8 Å². The van der Waals surface area contributed by atoms with Gasteiger partial charge in [-0.2, -0.15) is 11.8 Å². The van der Waals surface area contributed by atoms with Crippen LogP contribution in [0.25, 0.3) is 0 Å². The van der Waals surface area contributed by atoms with E-state index in [1.54, 1.807) is 4.90 Å². The van der Waals surface area contributed by atoms with Gasteiger partial charge in [0, 0.05) is 11.1 Å². The van der Waals surface area contributed by atoms with Crippen molar-refractivity contribution in [1.29, 1.82) is 0 Å². The topological polar surface area (TPSA) is 4.44 Å². The van der Waals surface area contributed by atoms with Crippen LogP contribution in [0.3, 0.4) is 0 Å². The van der Waals surface area contributed by atoms with Gasteiger partial charge in [0.1, 0.15) is 111 Å². The second-order valence-electron chi connectivity index (χ2n) is 27.0. The molecule has 0 bridgehead atoms. The van der Waals surface area contributed by atoms with Gasteiger partial charge >= 0.3 is 117 Å². The van der Waals surface area contributed by atoms with Gasteiger partial charge in [0.25, 0.3) is 0 Å². The van der Waals surface area contributed by atoms with E-state index in [9.17, 15) is 50.4 Å². The van der Waals surface area contributed by atoms with Crippen LogP contribution >= 0.6 is 63.1 Å². The van der Waals surface area contributed by atoms with Crippen LogP contribution in [0.1, 0.15) is 31.9 Å². The molecular weight excluding hydrogens is 1890 g/mol. The minimum atomic E-state index is -10.7. The SMILES string of the molecule is CC[NH+](CC)CC.F[P-](F)(F)(F)(F)F.F[P-](F)(F)(F)(F)F.[C-]#CC#Cc1ccccc1.[C-]#CC#Cc1ccccc1.[Cu+].[Cu+].[Cu+].c1ccc([PH+](C[PH+](c2ccccc2)c2ccccc2)c2ccccc2)cc1.c1ccc([PH+](C[PH+](c2ccccc2)c2ccccc2)c2ccccc2)cc1.c1ccc([PH+](C[PH+](c2ccccc2)c2ccccc2)c2ccccc2)cc1. The van der Waals surface area contributed by atoms with E-state index in [2.05, 4.69) is 408 Å². The Morgan fingerprint density at radius 1 is 0.208 bits per heavy atom. The van der Waals surface area contributed by atoms with Crippen molar-refractivity contribution in [3.8, 4) is 35.5 Å². The van der Waals surface area contributed by atoms with Crippen molar-refractivity contribution >= 4 is 127 Å². The molecule has 0 saturated heterocycles. The van der Waals surface area contributed by atoms with Crippen LogP contribution in [0.2, 0.25) is 0 Å². The van der Waals surface area contributed by atoms with Gasteiger partial charge in [0.15, 0.2) is 17.7 Å². The number of hydrogen-bond donors (Lipinski definition) is 1. The summed E-state index contributed by atoms with van der Waals surface area (Å²) in [5.74, 6) is 18.1. The van der Waals surface area contributed by atoms with Gasteiger partial charge in [-0.3, -0.25) is 11.8 Å². The number of rotatable bonds is 21. The maximum Gasteiger partial charge on any atom is 1.00 e. The zero-order valence-corrected chi connectivity index (χ0v) is 79.1. The predicted octanol–water partition coefficient (Wildman–Crippen LogP) is 24.0. The van der Waals surface area contributed by atoms with Crippen LogP contribution in [0, 0.1) is 48.4 Å². The number of quaternary nitrogens is 1. The minimum absolute atomic E-state index is 0. The summed E-state index contributed by atoms with van der Waals surface area (Å²) in [5, 5.41) is 18.0. The molecular formula is C101H98Cu3F12NP8+6. The van der Waals surface area contributed by atoms with E-state index >= 15 is 0 Å². The second-order valence-corrected chi connectivity index (χ2v) is 47.8. The maximum atomic E-state index is 9.87. The van der Waals surface area contributed by atoms with Crippen molar-refractivity contribution in [3.63, 3.8) is 0 Å². The molecule has 0 atom stereocenters. The molecule has 14 aromatic rings. The molecule has 0 aromatic heterocycles. The Morgan fingerprint density at radius 3 is 0.400 bits per heavy atom. The van der Waals surface area contributed by atoms with E-state index in [0.29, 0.717) is 0 Å². The van der Waals surface area contributed by atoms with Gasteiger partial charge in [-0.05, 0) is 191 Å². The summed E-state index contributed by atoms with van der Waals surface area (Å²) in [7, 11) is -26.4. The smallest absolute Gasteiger partial charge is 0.358 e. The normalized spacial score (nSPS) is 11.5. The third-order valence-electron chi connectivity index (χ3n) is 18.1. The monoisotopic (exact) mass is 1990 g/mol. The zero-order chi connectivity index (χ0) is 87.9. The summed E-state index contributed by atoms with van der Waals surface area (Å²) in [6, 6.07) is 152. The molecule has 0 unspecified atom stereocenters. The molecule has 1 N–H and O–H groups in total. The average Bonchev–Trinajstić information content (AvgIpc) is 0.800. The van der Waals surface area contributed by atoms with Crippen LogP contribution in [-0.4, -0.2) is 37.3 Å². The predicted molar refractivity (Wildman–Crippen MR) is 518 cm³/mol. The Hall–Kier alpha value is -8.56. The van der Waals surface area contributed by atoms with E-state index in [4.69, 9.17) is 12.8 Å². The molecule has 0 spiro atoms. The summed E-state index contributed by atoms with van der Waals surface area (Å²) >= 11 is 0. The largest absolute Gasteiger partial charge is 1.00 e. The molecule has 14 rings (SSSR count). The number of hydrogen-bond acceptors (Lipinski definition) is 0. The van der Waals surface area contributed by atoms with E-state index in [0.717, 1.165) is 11.1 Å². The van der Waals surface area contributed by atoms with Gasteiger partial charge < -0.3 is 17.7 Å². The molecule has 0 fully saturated rings. The van der Waals surface area contributed by atoms with Gasteiger partial charge in [0.2, 0.25) is 0 Å². The quantitative estimate of drug-likeness (QED) is 0.0240. The van der Waals surface area contributed by atoms with Gasteiger partial charge in [0.05, 0.1) is 19.6 Å². The van der Waals surface area contributed by atoms with Crippen molar-refractivity contribution in [2.75, 3.05) is 37.3 Å². The summed E-state index contributed by atoms with van der Waals surface area (Å²) in [5.41, 5.74) is 1.84. The molecule has 125 heavy (non-hydrogen) atoms. The van der Waals surface area contributed by atoms with Crippen LogP contribution in [-0.2, 0) is 51.2 Å². The Balaban J connectivity index is 0.000000319. The van der Waals surface area contributed by atoms with Crippen molar-refractivity contribution < 1.29 is 106 Å². The molecule has 0 saturated carbocycles. The molecule has 24 heteroatoms. The summed E-state index contributed by atoms with van der Waals surface area (Å²) < 4.78 is 118. The number of nitrogens with one attached hydrogen (secondary N) is 1. The molecule has 0 aliphatic rings. The fourth-order valence-corrected chi connectivity index (χ4v) is 35.6. The summed E-state index contributed by atoms with van der Waals surface area (Å²) in [6.07, 6.45) is 13.1. The molecule has 14 aromatic carbocycles. The Morgan fingerprint density at radius 2 is 0.312 bits per heavy atom. The van der Waals surface area contributed by atoms with Gasteiger partial charge in [-0.1, -0.05) is 255 Å². The molecule has 658 valence electrons. The van der Waals surface area contributed by atoms with Crippen LogP contribution in [0.15, 0.2) is 425 Å². The first kappa shape index (κ1) is 109. The second kappa shape index (κ2) is 54.6. The van der Waals surface area contributed by atoms with E-state index in [1.165, 1.54) is 101 Å². The van der Waals surface area contributed by atoms with Crippen LogP contribution in [0.5, 0.6) is 0 Å². The molecule has 0 heterocycles. The molecule has 1 nitrogen and oxygen atoms in total. The van der Waals surface area contributed by atoms with Gasteiger partial charge in [-0.15, -0.1) is 0 Å². The number of benzene rings is 14. The Bertz CT molecular complexity index is 4490. The Kier molecular flexibility index (Phi) is 47.5. The van der Waals surface area contributed by atoms with E-state index in [-0.39, 0.29) is 51.2 Å².